The summed E-state index contributed by atoms with van der Waals surface area (Å²) in [6.45, 7) is 0. The number of carboxylic acid groups (broad SMARTS) is 1. The summed E-state index contributed by atoms with van der Waals surface area (Å²) >= 11 is 5.37. The maximum Gasteiger partial charge on any atom is 0.327 e. The van der Waals surface area contributed by atoms with Gasteiger partial charge in [0.15, 0.2) is 0 Å². The van der Waals surface area contributed by atoms with Gasteiger partial charge in [-0.05, 0) is 11.8 Å². The summed E-state index contributed by atoms with van der Waals surface area (Å²) in [5.41, 5.74) is 0.564. The molecule has 2 atom stereocenters. The zero-order chi connectivity index (χ0) is 14.7. The summed E-state index contributed by atoms with van der Waals surface area (Å²) in [7, 11) is 0. The summed E-state index contributed by atoms with van der Waals surface area (Å²) in [4.78, 5) is 24.8. The maximum atomic E-state index is 12.2. The van der Waals surface area contributed by atoms with Crippen molar-refractivity contribution in [2.24, 2.45) is 0 Å². The first kappa shape index (κ1) is 15.1. The van der Waals surface area contributed by atoms with Crippen LogP contribution in [0, 0.1) is 0 Å². The van der Waals surface area contributed by atoms with E-state index in [9.17, 15) is 19.8 Å². The van der Waals surface area contributed by atoms with Crippen LogP contribution in [0.4, 0.5) is 0 Å². The van der Waals surface area contributed by atoms with Crippen molar-refractivity contribution in [1.29, 1.82) is 0 Å². The molecular formula is C13H15NO4S2. The number of para-hydroxylation sites is 1. The van der Waals surface area contributed by atoms with Gasteiger partial charge in [0, 0.05) is 17.7 Å². The van der Waals surface area contributed by atoms with Crippen LogP contribution in [-0.2, 0) is 9.59 Å². The number of amides is 1. The van der Waals surface area contributed by atoms with E-state index in [0.717, 1.165) is 0 Å². The number of carbonyl (C=O) groups excluding carboxylic acids is 1. The first-order valence-corrected chi connectivity index (χ1v) is 7.78. The van der Waals surface area contributed by atoms with Gasteiger partial charge in [-0.1, -0.05) is 18.2 Å². The van der Waals surface area contributed by atoms with Gasteiger partial charge in [0.1, 0.15) is 17.2 Å². The lowest BCUT2D eigenvalue weighted by Gasteiger charge is -2.27. The molecule has 2 N–H and O–H groups in total. The Labute approximate surface area is 126 Å². The number of benzene rings is 1. The number of nitrogens with zero attached hydrogens (tertiary/aromatic N) is 1. The van der Waals surface area contributed by atoms with E-state index in [4.69, 9.17) is 0 Å². The average molecular weight is 313 g/mol. The molecule has 7 heteroatoms. The number of hydrogen-bond acceptors (Lipinski definition) is 5. The molecule has 20 heavy (non-hydrogen) atoms. The SMILES string of the molecule is O=C(O)[C@@H]1CSC(c2ccccc2O)N1C(=O)CCS. The standard InChI is InChI=1S/C13H15NO4S2/c15-10-4-2-1-3-8(10)12-14(11(16)5-6-19)9(7-20-12)13(17)18/h1-4,9,12,15,19H,5-7H2,(H,17,18)/t9-,12?/m0/s1. The highest BCUT2D eigenvalue weighted by molar-refractivity contribution is 7.99. The van der Waals surface area contributed by atoms with E-state index in [-0.39, 0.29) is 18.1 Å². The minimum Gasteiger partial charge on any atom is -0.508 e. The number of carbonyl (C=O) groups is 2. The van der Waals surface area contributed by atoms with Crippen LogP contribution < -0.4 is 0 Å². The fourth-order valence-electron chi connectivity index (χ4n) is 2.16. The second kappa shape index (κ2) is 6.41. The first-order valence-electron chi connectivity index (χ1n) is 6.10. The first-order chi connectivity index (χ1) is 9.56. The molecule has 1 fully saturated rings. The molecule has 0 aliphatic carbocycles. The molecule has 1 aromatic rings. The van der Waals surface area contributed by atoms with E-state index in [1.165, 1.54) is 22.7 Å². The molecule has 2 rings (SSSR count). The van der Waals surface area contributed by atoms with Gasteiger partial charge < -0.3 is 15.1 Å². The van der Waals surface area contributed by atoms with Gasteiger partial charge in [-0.2, -0.15) is 12.6 Å². The monoisotopic (exact) mass is 313 g/mol. The predicted molar refractivity (Wildman–Crippen MR) is 80.0 cm³/mol. The lowest BCUT2D eigenvalue weighted by atomic mass is 10.1. The van der Waals surface area contributed by atoms with Gasteiger partial charge in [-0.15, -0.1) is 11.8 Å². The number of phenolic OH excluding ortho intramolecular Hbond substituents is 1. The molecule has 1 aliphatic rings. The minimum absolute atomic E-state index is 0.0692. The van der Waals surface area contributed by atoms with E-state index in [2.05, 4.69) is 12.6 Å². The molecule has 1 amide bonds. The second-order valence-electron chi connectivity index (χ2n) is 4.37. The van der Waals surface area contributed by atoms with Gasteiger partial charge in [-0.3, -0.25) is 4.79 Å². The smallest absolute Gasteiger partial charge is 0.327 e. The Morgan fingerprint density at radius 3 is 2.70 bits per heavy atom. The highest BCUT2D eigenvalue weighted by Gasteiger charge is 2.42. The van der Waals surface area contributed by atoms with Gasteiger partial charge in [0.05, 0.1) is 0 Å². The lowest BCUT2D eigenvalue weighted by Crippen LogP contribution is -2.43. The van der Waals surface area contributed by atoms with E-state index < -0.39 is 17.4 Å². The van der Waals surface area contributed by atoms with Crippen LogP contribution in [0.1, 0.15) is 17.4 Å². The third-order valence-electron chi connectivity index (χ3n) is 3.10. The topological polar surface area (TPSA) is 77.8 Å². The summed E-state index contributed by atoms with van der Waals surface area (Å²) in [6.07, 6.45) is 0.178. The fourth-order valence-corrected chi connectivity index (χ4v) is 3.82. The van der Waals surface area contributed by atoms with E-state index >= 15 is 0 Å². The summed E-state index contributed by atoms with van der Waals surface area (Å²) in [5.74, 6) is -0.541. The van der Waals surface area contributed by atoms with Crippen LogP contribution in [0.5, 0.6) is 5.75 Å². The molecule has 5 nitrogen and oxygen atoms in total. The molecule has 1 saturated heterocycles. The van der Waals surface area contributed by atoms with Crippen molar-refractivity contribution < 1.29 is 19.8 Å². The molecule has 1 aliphatic heterocycles. The zero-order valence-corrected chi connectivity index (χ0v) is 12.3. The number of carboxylic acids is 1. The Hall–Kier alpha value is -1.34. The van der Waals surface area contributed by atoms with E-state index in [0.29, 0.717) is 17.1 Å². The third kappa shape index (κ3) is 2.88. The molecule has 0 bridgehead atoms. The molecule has 0 spiro atoms. The van der Waals surface area contributed by atoms with E-state index in [1.54, 1.807) is 18.2 Å². The molecule has 0 saturated carbocycles. The fraction of sp³-hybridized carbons (Fsp3) is 0.385. The summed E-state index contributed by atoms with van der Waals surface area (Å²) in [5, 5.41) is 18.7. The van der Waals surface area contributed by atoms with Gasteiger partial charge in [0.2, 0.25) is 5.91 Å². The van der Waals surface area contributed by atoms with Crippen molar-refractivity contribution >= 4 is 36.3 Å². The Morgan fingerprint density at radius 2 is 2.10 bits per heavy atom. The quantitative estimate of drug-likeness (QED) is 0.738. The second-order valence-corrected chi connectivity index (χ2v) is 5.93. The highest BCUT2D eigenvalue weighted by atomic mass is 32.2. The average Bonchev–Trinajstić information content (AvgIpc) is 2.84. The predicted octanol–water partition coefficient (Wildman–Crippen LogP) is 1.74. The summed E-state index contributed by atoms with van der Waals surface area (Å²) < 4.78 is 0. The molecule has 1 aromatic carbocycles. The molecule has 1 heterocycles. The summed E-state index contributed by atoms with van der Waals surface area (Å²) in [6, 6.07) is 5.82. The number of hydrogen-bond donors (Lipinski definition) is 3. The van der Waals surface area contributed by atoms with Crippen LogP contribution in [0.25, 0.3) is 0 Å². The third-order valence-corrected chi connectivity index (χ3v) is 4.63. The number of thioether (sulfide) groups is 1. The van der Waals surface area contributed by atoms with Crippen LogP contribution in [0.3, 0.4) is 0 Å². The Kier molecular flexibility index (Phi) is 4.82. The Morgan fingerprint density at radius 1 is 1.40 bits per heavy atom. The highest BCUT2D eigenvalue weighted by Crippen LogP contribution is 2.44. The molecular weight excluding hydrogens is 298 g/mol. The van der Waals surface area contributed by atoms with Gasteiger partial charge in [0.25, 0.3) is 0 Å². The Bertz CT molecular complexity index is 523. The molecule has 0 radical (unpaired) electrons. The van der Waals surface area contributed by atoms with Crippen LogP contribution in [-0.4, -0.2) is 44.5 Å². The van der Waals surface area contributed by atoms with Crippen LogP contribution in [0.15, 0.2) is 24.3 Å². The number of thiol groups is 1. The van der Waals surface area contributed by atoms with Crippen LogP contribution >= 0.6 is 24.4 Å². The van der Waals surface area contributed by atoms with Crippen molar-refractivity contribution in [1.82, 2.24) is 4.90 Å². The van der Waals surface area contributed by atoms with E-state index in [1.807, 2.05) is 0 Å². The lowest BCUT2D eigenvalue weighted by molar-refractivity contribution is -0.149. The van der Waals surface area contributed by atoms with Crippen LogP contribution in [0.2, 0.25) is 0 Å². The van der Waals surface area contributed by atoms with Crippen molar-refractivity contribution in [3.8, 4) is 5.75 Å². The largest absolute Gasteiger partial charge is 0.508 e. The minimum atomic E-state index is -1.03. The van der Waals surface area contributed by atoms with Crippen molar-refractivity contribution in [3.05, 3.63) is 29.8 Å². The molecule has 1 unspecified atom stereocenters. The molecule has 108 valence electrons. The number of phenols is 1. The molecule has 0 aromatic heterocycles. The number of aromatic hydroxyl groups is 1. The maximum absolute atomic E-state index is 12.2. The van der Waals surface area contributed by atoms with Crippen molar-refractivity contribution in [2.45, 2.75) is 17.8 Å². The van der Waals surface area contributed by atoms with Crippen molar-refractivity contribution in [2.75, 3.05) is 11.5 Å². The van der Waals surface area contributed by atoms with Gasteiger partial charge >= 0.3 is 5.97 Å². The normalized spacial score (nSPS) is 21.9. The zero-order valence-electron chi connectivity index (χ0n) is 10.6. The van der Waals surface area contributed by atoms with Crippen molar-refractivity contribution in [3.63, 3.8) is 0 Å². The van der Waals surface area contributed by atoms with Gasteiger partial charge in [-0.25, -0.2) is 4.79 Å². The number of rotatable bonds is 4. The Balaban J connectivity index is 2.34. The number of aliphatic carboxylic acids is 1.